The van der Waals surface area contributed by atoms with E-state index in [1.165, 1.54) is 6.92 Å². The van der Waals surface area contributed by atoms with E-state index < -0.39 is 0 Å². The van der Waals surface area contributed by atoms with Crippen LogP contribution in [0.15, 0.2) is 0 Å². The molecule has 2 N–H and O–H groups in total. The Morgan fingerprint density at radius 2 is 1.78 bits per heavy atom. The van der Waals surface area contributed by atoms with Gasteiger partial charge in [-0.1, -0.05) is 0 Å². The third-order valence-electron chi connectivity index (χ3n) is 0. The van der Waals surface area contributed by atoms with Crippen LogP contribution in [0.3, 0.4) is 0 Å². The molecule has 0 heterocycles. The predicted octanol–water partition coefficient (Wildman–Crippen LogP) is 0.229. The van der Waals surface area contributed by atoms with Gasteiger partial charge in [0.1, 0.15) is 0 Å². The number of aliphatic hydroxyl groups excluding tert-OH is 1. The van der Waals surface area contributed by atoms with Crippen molar-refractivity contribution >= 4 is 6.47 Å². The van der Waals surface area contributed by atoms with Gasteiger partial charge >= 0.3 is 0 Å². The molecule has 0 bridgehead atoms. The summed E-state index contributed by atoms with van der Waals surface area (Å²) in [5, 5.41) is 21.8. The lowest BCUT2D eigenvalue weighted by molar-refractivity contribution is -0.122. The van der Waals surface area contributed by atoms with Crippen LogP contribution in [0.5, 0.6) is 0 Å². The molecule has 0 aliphatic rings. The van der Waals surface area contributed by atoms with E-state index in [0.717, 1.165) is 0 Å². The second-order valence-corrected chi connectivity index (χ2v) is 0.645. The highest BCUT2D eigenvalue weighted by Crippen LogP contribution is 1.30. The molecule has 0 aromatic rings. The monoisotopic (exact) mass is 133 g/mol. The summed E-state index contributed by atoms with van der Waals surface area (Å²) in [6.45, 7) is 3.11. The fraction of sp³-hybridized carbons (Fsp3) is 0.600. The molecule has 0 rings (SSSR count). The van der Waals surface area contributed by atoms with Crippen LogP contribution in [0.2, 0.25) is 0 Å². The first-order valence-electron chi connectivity index (χ1n) is 2.24. The first-order valence-corrected chi connectivity index (χ1v) is 2.24. The Morgan fingerprint density at radius 3 is 1.78 bits per heavy atom. The minimum absolute atomic E-state index is 0.250. The van der Waals surface area contributed by atoms with Gasteiger partial charge in [-0.15, -0.1) is 0 Å². The lowest BCUT2D eigenvalue weighted by atomic mass is 10.9. The maximum absolute atomic E-state index is 8.36. The summed E-state index contributed by atoms with van der Waals surface area (Å²) in [5.41, 5.74) is 0. The van der Waals surface area contributed by atoms with Gasteiger partial charge in [0, 0.05) is 13.5 Å². The Morgan fingerprint density at radius 1 is 1.78 bits per heavy atom. The summed E-state index contributed by atoms with van der Waals surface area (Å²) in [5.74, 6) is 0. The molecule has 0 spiro atoms. The third kappa shape index (κ3) is 144. The van der Waals surface area contributed by atoms with E-state index in [-0.39, 0.29) is 13.1 Å². The van der Waals surface area contributed by atoms with Gasteiger partial charge in [-0.05, 0) is 6.92 Å². The number of carboxylic acid groups (broad SMARTS) is 1. The summed E-state index contributed by atoms with van der Waals surface area (Å²) in [6.07, 6.45) is 0. The van der Waals surface area contributed by atoms with Crippen molar-refractivity contribution in [1.82, 2.24) is 0 Å². The second kappa shape index (κ2) is 65.8. The average molecular weight is 133 g/mol. The summed E-state index contributed by atoms with van der Waals surface area (Å²) < 4.78 is 0. The molecule has 54 valence electrons. The molecule has 0 aromatic carbocycles. The maximum atomic E-state index is 8.36. The topological polar surface area (TPSA) is 81.3 Å². The smallest absolute Gasteiger partial charge is 0.290 e. The molecule has 0 unspecified atom stereocenters. The van der Waals surface area contributed by atoms with Gasteiger partial charge in [0.05, 0.1) is 6.07 Å². The summed E-state index contributed by atoms with van der Waals surface area (Å²) in [6, 6.07) is 1.75. The fourth-order valence-corrected chi connectivity index (χ4v) is 0. The van der Waals surface area contributed by atoms with Gasteiger partial charge in [-0.3, -0.25) is 4.79 Å². The average Bonchev–Trinajstić information content (AvgIpc) is 1.70. The highest BCUT2D eigenvalue weighted by atomic mass is 16.3. The standard InChI is InChI=1S/C2H3N.C2H6O.CH2O2/c2*1-2-3;2-1-3/h1H3;3H,2H2,1H3;1H,(H,2,3). The minimum atomic E-state index is -0.250. The van der Waals surface area contributed by atoms with Crippen molar-refractivity contribution in [2.24, 2.45) is 0 Å². The lowest BCUT2D eigenvalue weighted by Crippen LogP contribution is -1.57. The van der Waals surface area contributed by atoms with E-state index in [9.17, 15) is 0 Å². The largest absolute Gasteiger partial charge is 0.483 e. The van der Waals surface area contributed by atoms with E-state index in [4.69, 9.17) is 20.3 Å². The molecular formula is C5H11NO3. The van der Waals surface area contributed by atoms with Gasteiger partial charge in [0.15, 0.2) is 0 Å². The van der Waals surface area contributed by atoms with Crippen molar-refractivity contribution in [1.29, 1.82) is 5.26 Å². The van der Waals surface area contributed by atoms with Crippen LogP contribution in [-0.4, -0.2) is 23.3 Å². The highest BCUT2D eigenvalue weighted by molar-refractivity contribution is 5.32. The Balaban J connectivity index is -0.0000000600. The van der Waals surface area contributed by atoms with Gasteiger partial charge in [0.2, 0.25) is 0 Å². The molecule has 0 aliphatic carbocycles. The predicted molar refractivity (Wildman–Crippen MR) is 32.7 cm³/mol. The van der Waals surface area contributed by atoms with Gasteiger partial charge in [-0.2, -0.15) is 5.26 Å². The summed E-state index contributed by atoms with van der Waals surface area (Å²) >= 11 is 0. The van der Waals surface area contributed by atoms with E-state index in [2.05, 4.69) is 0 Å². The number of rotatable bonds is 0. The van der Waals surface area contributed by atoms with Crippen LogP contribution in [0.25, 0.3) is 0 Å². The normalized spacial score (nSPS) is 4.22. The second-order valence-electron chi connectivity index (χ2n) is 0.645. The van der Waals surface area contributed by atoms with E-state index in [1.54, 1.807) is 13.0 Å². The molecule has 0 amide bonds. The number of hydrogen-bond donors (Lipinski definition) is 2. The number of nitrogens with zero attached hydrogens (tertiary/aromatic N) is 1. The molecule has 0 fully saturated rings. The Hall–Kier alpha value is -1.08. The zero-order valence-electron chi connectivity index (χ0n) is 5.53. The number of aliphatic hydroxyl groups is 1. The fourth-order valence-electron chi connectivity index (χ4n) is 0. The number of carbonyl (C=O) groups is 1. The van der Waals surface area contributed by atoms with Crippen molar-refractivity contribution in [2.75, 3.05) is 6.61 Å². The quantitative estimate of drug-likeness (QED) is 0.463. The Kier molecular flexibility index (Phi) is 115. The van der Waals surface area contributed by atoms with Crippen molar-refractivity contribution in [3.63, 3.8) is 0 Å². The Labute approximate surface area is 54.4 Å². The van der Waals surface area contributed by atoms with Crippen LogP contribution < -0.4 is 0 Å². The molecule has 0 atom stereocenters. The van der Waals surface area contributed by atoms with E-state index >= 15 is 0 Å². The van der Waals surface area contributed by atoms with Gasteiger partial charge in [0.25, 0.3) is 6.47 Å². The molecule has 4 nitrogen and oxygen atoms in total. The molecule has 0 saturated carbocycles. The van der Waals surface area contributed by atoms with Crippen molar-refractivity contribution in [3.05, 3.63) is 0 Å². The first-order chi connectivity index (χ1) is 4.24. The SMILES string of the molecule is CC#N.CCO.O=CO. The number of hydrogen-bond acceptors (Lipinski definition) is 3. The molecule has 0 aliphatic heterocycles. The maximum Gasteiger partial charge on any atom is 0.290 e. The van der Waals surface area contributed by atoms with E-state index in [0.29, 0.717) is 0 Å². The summed E-state index contributed by atoms with van der Waals surface area (Å²) in [7, 11) is 0. The third-order valence-corrected chi connectivity index (χ3v) is 0. The lowest BCUT2D eigenvalue weighted by Gasteiger charge is -1.52. The van der Waals surface area contributed by atoms with Crippen LogP contribution in [0.4, 0.5) is 0 Å². The molecule has 0 saturated heterocycles. The first kappa shape index (κ1) is 15.7. The number of nitriles is 1. The highest BCUT2D eigenvalue weighted by Gasteiger charge is 1.34. The Bertz CT molecular complexity index is 67.1. The van der Waals surface area contributed by atoms with Crippen LogP contribution in [0, 0.1) is 11.3 Å². The molecule has 9 heavy (non-hydrogen) atoms. The van der Waals surface area contributed by atoms with Crippen LogP contribution in [-0.2, 0) is 4.79 Å². The van der Waals surface area contributed by atoms with E-state index in [1.807, 2.05) is 0 Å². The van der Waals surface area contributed by atoms with Gasteiger partial charge < -0.3 is 10.2 Å². The minimum Gasteiger partial charge on any atom is -0.483 e. The van der Waals surface area contributed by atoms with Crippen molar-refractivity contribution < 1.29 is 15.0 Å². The zero-order chi connectivity index (χ0) is 8.12. The van der Waals surface area contributed by atoms with Crippen molar-refractivity contribution in [2.45, 2.75) is 13.8 Å². The van der Waals surface area contributed by atoms with Crippen LogP contribution in [0.1, 0.15) is 13.8 Å². The zero-order valence-corrected chi connectivity index (χ0v) is 5.53. The molecular weight excluding hydrogens is 122 g/mol. The molecule has 0 aromatic heterocycles. The van der Waals surface area contributed by atoms with Crippen LogP contribution >= 0.6 is 0 Å². The molecule has 4 heteroatoms. The van der Waals surface area contributed by atoms with Crippen molar-refractivity contribution in [3.8, 4) is 6.07 Å². The van der Waals surface area contributed by atoms with Gasteiger partial charge in [-0.25, -0.2) is 0 Å². The molecule has 0 radical (unpaired) electrons. The summed E-state index contributed by atoms with van der Waals surface area (Å²) in [4.78, 5) is 8.36.